The van der Waals surface area contributed by atoms with Crippen LogP contribution in [0.1, 0.15) is 222 Å². The van der Waals surface area contributed by atoms with Gasteiger partial charge in [-0.05, 0) is 259 Å². The second-order valence-corrected chi connectivity index (χ2v) is 45.5. The third-order valence-corrected chi connectivity index (χ3v) is 32.7. The third kappa shape index (κ3) is 36.6. The van der Waals surface area contributed by atoms with Crippen molar-refractivity contribution >= 4 is 180 Å². The monoisotopic (exact) mass is 1970 g/mol. The normalized spacial score (nSPS) is 13.7. The number of thiol groups is 1. The molecule has 0 atom stereocenters. The molecular formula is C103H129B3Br2NO5S10. The number of unbranched alkanes of at least 4 members (excludes halogenated alkanes) is 8. The van der Waals surface area contributed by atoms with E-state index in [1.807, 2.05) is 90.7 Å². The number of ether oxygens (including phenoxy) is 1. The van der Waals surface area contributed by atoms with Gasteiger partial charge in [0, 0.05) is 133 Å². The molecule has 16 rings (SSSR count). The Labute approximate surface area is 805 Å². The summed E-state index contributed by atoms with van der Waals surface area (Å²) in [5, 5.41) is 2.14. The van der Waals surface area contributed by atoms with E-state index >= 15 is 0 Å². The number of hydrogen-bond donors (Lipinski definition) is 1. The van der Waals surface area contributed by atoms with Crippen molar-refractivity contribution in [3.8, 4) is 69.0 Å². The fraction of sp³-hybridized carbons (Fsp3) is 0.417. The Hall–Kier alpha value is -4.72. The summed E-state index contributed by atoms with van der Waals surface area (Å²) < 4.78 is 33.2. The molecule has 0 N–H and O–H groups in total. The Bertz CT molecular complexity index is 4900. The van der Waals surface area contributed by atoms with Crippen molar-refractivity contribution in [1.29, 1.82) is 0 Å². The Balaban J connectivity index is 0.000000168. The summed E-state index contributed by atoms with van der Waals surface area (Å²) in [4.78, 5) is 22.4. The van der Waals surface area contributed by atoms with E-state index in [4.69, 9.17) is 23.4 Å². The van der Waals surface area contributed by atoms with Crippen molar-refractivity contribution in [2.75, 3.05) is 39.6 Å². The SMILES string of the molecule is C1CCOC1.CCCCCc1ccc(-c2ccc(-c3ccc(-c4ccc(CCC)s4)s3)s2)cc1.CCCCCc1ccc(B2OCC(C)(C)CO2)cc1.CCCCCc1ccc(B2OCC(C)(C)CO2)cc1.CCCCCc1ccc(Br)cc1.CCCc1ccc(-c2ccc(-c3ccc(Br)s3)s2)s1.CCCc1ccc(-c2ccc(-c3cccs3)s2)s1.[B]=NS. The molecule has 0 aliphatic carbocycles. The van der Waals surface area contributed by atoms with Crippen LogP contribution in [-0.2, 0) is 68.3 Å². The van der Waals surface area contributed by atoms with E-state index in [0.29, 0.717) is 0 Å². The fourth-order valence-corrected chi connectivity index (χ4v) is 24.0. The molecule has 3 fully saturated rings. The molecule has 659 valence electrons. The molecule has 0 spiro atoms. The third-order valence-electron chi connectivity index (χ3n) is 20.7. The molecule has 3 aliphatic heterocycles. The van der Waals surface area contributed by atoms with Crippen molar-refractivity contribution in [2.24, 2.45) is 15.1 Å². The number of aryl methyl sites for hydroxylation is 7. The Morgan fingerprint density at radius 2 is 0.621 bits per heavy atom. The molecule has 12 heterocycles. The van der Waals surface area contributed by atoms with Crippen LogP contribution in [-0.4, -0.2) is 61.5 Å². The van der Waals surface area contributed by atoms with Gasteiger partial charge in [-0.2, -0.15) is 0 Å². The van der Waals surface area contributed by atoms with Crippen LogP contribution in [0.25, 0.3) is 69.0 Å². The summed E-state index contributed by atoms with van der Waals surface area (Å²) in [6.45, 7) is 29.4. The van der Waals surface area contributed by atoms with Gasteiger partial charge in [-0.3, -0.25) is 0 Å². The van der Waals surface area contributed by atoms with Gasteiger partial charge in [-0.25, -0.2) is 0 Å². The van der Waals surface area contributed by atoms with Crippen LogP contribution in [0, 0.1) is 10.8 Å². The first kappa shape index (κ1) is 103. The summed E-state index contributed by atoms with van der Waals surface area (Å²) in [5.41, 5.74) is 9.60. The average Bonchev–Trinajstić information content (AvgIpc) is 1.62. The zero-order valence-electron chi connectivity index (χ0n) is 75.0. The summed E-state index contributed by atoms with van der Waals surface area (Å²) >= 11 is 27.2. The van der Waals surface area contributed by atoms with Gasteiger partial charge in [0.2, 0.25) is 0 Å². The van der Waals surface area contributed by atoms with Crippen molar-refractivity contribution in [1.82, 2.24) is 0 Å². The molecule has 3 saturated heterocycles. The van der Waals surface area contributed by atoms with Gasteiger partial charge in [0.1, 0.15) is 0 Å². The number of halogens is 2. The van der Waals surface area contributed by atoms with Crippen molar-refractivity contribution in [3.63, 3.8) is 0 Å². The molecule has 3 aliphatic rings. The summed E-state index contributed by atoms with van der Waals surface area (Å²) in [7, 11) is 3.97. The van der Waals surface area contributed by atoms with Gasteiger partial charge >= 0.3 is 39.0 Å². The Morgan fingerprint density at radius 3 is 0.919 bits per heavy atom. The van der Waals surface area contributed by atoms with Crippen molar-refractivity contribution in [3.05, 3.63) is 257 Å². The van der Waals surface area contributed by atoms with Gasteiger partial charge in [0.15, 0.2) is 0 Å². The number of benzene rings is 4. The average molecular weight is 1970 g/mol. The molecule has 0 bridgehead atoms. The second-order valence-electron chi connectivity index (χ2n) is 33.1. The van der Waals surface area contributed by atoms with Crippen LogP contribution in [0.4, 0.5) is 0 Å². The first-order chi connectivity index (χ1) is 60.3. The molecule has 1 radical (unpaired) electrons. The minimum absolute atomic E-state index is 0.136. The van der Waals surface area contributed by atoms with Crippen LogP contribution in [0.15, 0.2) is 224 Å². The van der Waals surface area contributed by atoms with Crippen molar-refractivity contribution < 1.29 is 23.4 Å². The minimum atomic E-state index is -0.183. The molecule has 13 aromatic rings. The Morgan fingerprint density at radius 1 is 0.331 bits per heavy atom. The van der Waals surface area contributed by atoms with Crippen LogP contribution in [0.5, 0.6) is 0 Å². The maximum absolute atomic E-state index is 5.80. The molecule has 0 saturated carbocycles. The zero-order chi connectivity index (χ0) is 88.2. The van der Waals surface area contributed by atoms with Gasteiger partial charge in [0.25, 0.3) is 0 Å². The van der Waals surface area contributed by atoms with Crippen molar-refractivity contribution in [2.45, 2.75) is 230 Å². The molecule has 0 unspecified atom stereocenters. The van der Waals surface area contributed by atoms with E-state index in [9.17, 15) is 0 Å². The van der Waals surface area contributed by atoms with Crippen LogP contribution < -0.4 is 10.9 Å². The number of nitrogens with zero attached hydrogens (tertiary/aromatic N) is 1. The predicted octanol–water partition coefficient (Wildman–Crippen LogP) is 34.2. The number of thiophene rings is 9. The maximum atomic E-state index is 5.80. The number of hydrogen-bond acceptors (Lipinski definition) is 16. The van der Waals surface area contributed by atoms with Gasteiger partial charge < -0.3 is 23.4 Å². The quantitative estimate of drug-likeness (QED) is 0.0267. The van der Waals surface area contributed by atoms with Crippen LogP contribution in [0.2, 0.25) is 0 Å². The molecule has 6 nitrogen and oxygen atoms in total. The number of rotatable bonds is 31. The van der Waals surface area contributed by atoms with E-state index in [2.05, 4.69) is 344 Å². The first-order valence-electron chi connectivity index (χ1n) is 44.9. The zero-order valence-corrected chi connectivity index (χ0v) is 86.4. The molecular weight excluding hydrogens is 1840 g/mol. The second kappa shape index (κ2) is 57.5. The van der Waals surface area contributed by atoms with E-state index in [-0.39, 0.29) is 25.1 Å². The summed E-state index contributed by atoms with van der Waals surface area (Å²) in [5.74, 6) is 0. The molecule has 4 aromatic carbocycles. The Kier molecular flexibility index (Phi) is 47.7. The molecule has 0 amide bonds. The molecule has 9 aromatic heterocycles. The molecule has 124 heavy (non-hydrogen) atoms. The van der Waals surface area contributed by atoms with E-state index in [1.54, 1.807) is 11.3 Å². The standard InChI is InChI=1S/C26H28S3.2C16H25BO2.C15H13BrS3.C15H14S3.C11H15Br.C4H8O.BHNS/c1-3-5-6-8-19-9-11-20(12-10-19)22-15-16-25(28-22)26-18-17-24(29-26)23-14-13-21(27-23)7-4-2;2*1-4-5-6-7-14-8-10-15(11-9-14)17-18-12-16(2,3)13-19-17;1-2-3-10-4-5-11(17-10)12-6-7-13(18-12)14-8-9-15(16)19-14;1-2-4-11-6-7-14(17-11)15-9-8-13(18-15)12-5-3-10-16-12;1-2-3-4-5-10-6-8-11(12)9-7-10;1-2-4-5-3-1;1-2-3/h9-18H,3-8H2,1-2H3;2*8-11H,4-7,12-13H2,1-3H3;4-9H,2-3H2,1H3;3,5-10H,2,4H2,1H3;6-9H,2-5H2,1H3;1-4H2;3H. The first-order valence-corrected chi connectivity index (χ1v) is 54.3. The van der Waals surface area contributed by atoms with Crippen LogP contribution >= 0.6 is 147 Å². The summed E-state index contributed by atoms with van der Waals surface area (Å²) in [6.07, 6.45) is 30.2. The fourth-order valence-electron chi connectivity index (χ4n) is 13.7. The van der Waals surface area contributed by atoms with Gasteiger partial charge in [-0.15, -0.1) is 102 Å². The van der Waals surface area contributed by atoms with Gasteiger partial charge in [-0.1, -0.05) is 254 Å². The van der Waals surface area contributed by atoms with E-state index in [0.717, 1.165) is 50.6 Å². The topological polar surface area (TPSA) is 58.5 Å². The molecule has 21 heteroatoms. The summed E-state index contributed by atoms with van der Waals surface area (Å²) in [6, 6.07) is 75.5. The predicted molar refractivity (Wildman–Crippen MR) is 567 cm³/mol. The van der Waals surface area contributed by atoms with Crippen LogP contribution in [0.3, 0.4) is 0 Å². The van der Waals surface area contributed by atoms with E-state index in [1.165, 1.54) is 268 Å². The van der Waals surface area contributed by atoms with Gasteiger partial charge in [0.05, 0.1) is 3.79 Å². The van der Waals surface area contributed by atoms with E-state index < -0.39 is 0 Å².